The second kappa shape index (κ2) is 9.31. The van der Waals surface area contributed by atoms with Gasteiger partial charge in [-0.1, -0.05) is 11.6 Å². The van der Waals surface area contributed by atoms with E-state index in [4.69, 9.17) is 35.0 Å². The highest BCUT2D eigenvalue weighted by Gasteiger charge is 2.25. The van der Waals surface area contributed by atoms with Crippen LogP contribution in [-0.4, -0.2) is 32.9 Å². The maximum absolute atomic E-state index is 13.3. The molecule has 1 heterocycles. The molecule has 8 heteroatoms. The maximum atomic E-state index is 13.3. The van der Waals surface area contributed by atoms with Crippen LogP contribution in [0, 0.1) is 6.92 Å². The zero-order chi connectivity index (χ0) is 22.7. The van der Waals surface area contributed by atoms with Crippen LogP contribution in [0.2, 0.25) is 5.02 Å². The zero-order valence-electron chi connectivity index (χ0n) is 17.9. The van der Waals surface area contributed by atoms with Crippen molar-refractivity contribution >= 4 is 28.5 Å². The lowest BCUT2D eigenvalue weighted by molar-refractivity contribution is -0.150. The largest absolute Gasteiger partial charge is 0.493 e. The molecule has 2 aromatic carbocycles. The summed E-state index contributed by atoms with van der Waals surface area (Å²) in [5.41, 5.74) is 1.15. The van der Waals surface area contributed by atoms with Gasteiger partial charge in [-0.3, -0.25) is 4.79 Å². The predicted octanol–water partition coefficient (Wildman–Crippen LogP) is 4.77. The minimum Gasteiger partial charge on any atom is -0.493 e. The number of hydrogen-bond donors (Lipinski definition) is 0. The number of carbonyl (C=O) groups excluding carboxylic acids is 1. The Morgan fingerprint density at radius 2 is 1.84 bits per heavy atom. The van der Waals surface area contributed by atoms with Crippen LogP contribution < -0.4 is 19.6 Å². The smallest absolute Gasteiger partial charge is 0.347 e. The number of fused-ring (bicyclic) bond motifs is 1. The lowest BCUT2D eigenvalue weighted by Gasteiger charge is -2.17. The van der Waals surface area contributed by atoms with Gasteiger partial charge >= 0.3 is 5.97 Å². The van der Waals surface area contributed by atoms with Crippen molar-refractivity contribution in [3.63, 3.8) is 0 Å². The Balaban J connectivity index is 2.26. The number of hydrogen-bond acceptors (Lipinski definition) is 7. The molecule has 0 aliphatic carbocycles. The van der Waals surface area contributed by atoms with E-state index >= 15 is 0 Å². The Morgan fingerprint density at radius 1 is 1.13 bits per heavy atom. The molecular formula is C23H23ClO7. The highest BCUT2D eigenvalue weighted by molar-refractivity contribution is 6.32. The molecule has 0 amide bonds. The van der Waals surface area contributed by atoms with Gasteiger partial charge in [-0.15, -0.1) is 0 Å². The highest BCUT2D eigenvalue weighted by Crippen LogP contribution is 2.37. The number of benzene rings is 2. The first-order valence-electron chi connectivity index (χ1n) is 9.63. The number of halogens is 1. The van der Waals surface area contributed by atoms with Gasteiger partial charge in [-0.25, -0.2) is 4.79 Å². The fraction of sp³-hybridized carbons (Fsp3) is 0.304. The second-order valence-corrected chi connectivity index (χ2v) is 7.18. The lowest BCUT2D eigenvalue weighted by Crippen LogP contribution is -2.28. The highest BCUT2D eigenvalue weighted by atomic mass is 35.5. The van der Waals surface area contributed by atoms with Crippen LogP contribution in [0.25, 0.3) is 22.3 Å². The molecule has 1 unspecified atom stereocenters. The zero-order valence-corrected chi connectivity index (χ0v) is 18.7. The van der Waals surface area contributed by atoms with E-state index in [9.17, 15) is 9.59 Å². The number of carbonyl (C=O) groups is 1. The fourth-order valence-electron chi connectivity index (χ4n) is 3.06. The van der Waals surface area contributed by atoms with E-state index in [0.29, 0.717) is 27.7 Å². The molecule has 0 bridgehead atoms. The number of methoxy groups -OCH3 is 2. The van der Waals surface area contributed by atoms with Crippen LogP contribution in [0.5, 0.6) is 17.2 Å². The molecule has 0 aliphatic heterocycles. The number of esters is 1. The van der Waals surface area contributed by atoms with E-state index in [1.807, 2.05) is 6.92 Å². The average molecular weight is 447 g/mol. The lowest BCUT2D eigenvalue weighted by atomic mass is 10.1. The summed E-state index contributed by atoms with van der Waals surface area (Å²) in [6.07, 6.45) is -1.03. The van der Waals surface area contributed by atoms with Gasteiger partial charge in [0.1, 0.15) is 5.58 Å². The SMILES string of the molecule is CCOC(=O)C(C)Oc1c(-c2ccc(OC)c(OC)c2)oc2cc(C)c(Cl)cc2c1=O. The molecule has 1 aromatic heterocycles. The molecule has 7 nitrogen and oxygen atoms in total. The van der Waals surface area contributed by atoms with E-state index in [1.165, 1.54) is 27.2 Å². The van der Waals surface area contributed by atoms with Crippen LogP contribution >= 0.6 is 11.6 Å². The Morgan fingerprint density at radius 3 is 2.48 bits per heavy atom. The third-order valence-electron chi connectivity index (χ3n) is 4.69. The van der Waals surface area contributed by atoms with Crippen LogP contribution in [0.4, 0.5) is 0 Å². The van der Waals surface area contributed by atoms with Gasteiger partial charge in [0.15, 0.2) is 23.4 Å². The van der Waals surface area contributed by atoms with Gasteiger partial charge in [0, 0.05) is 10.6 Å². The van der Waals surface area contributed by atoms with Crippen molar-refractivity contribution in [3.05, 3.63) is 51.1 Å². The molecule has 0 spiro atoms. The van der Waals surface area contributed by atoms with Crippen molar-refractivity contribution < 1.29 is 28.2 Å². The van der Waals surface area contributed by atoms with E-state index in [-0.39, 0.29) is 23.5 Å². The molecule has 0 radical (unpaired) electrons. The van der Waals surface area contributed by atoms with Crippen molar-refractivity contribution in [3.8, 4) is 28.6 Å². The number of rotatable bonds is 7. The molecule has 164 valence electrons. The molecule has 0 aliphatic rings. The summed E-state index contributed by atoms with van der Waals surface area (Å²) in [6.45, 7) is 5.19. The van der Waals surface area contributed by atoms with Gasteiger partial charge in [0.25, 0.3) is 0 Å². The third kappa shape index (κ3) is 4.46. The average Bonchev–Trinajstić information content (AvgIpc) is 2.76. The van der Waals surface area contributed by atoms with Gasteiger partial charge < -0.3 is 23.4 Å². The topological polar surface area (TPSA) is 84.2 Å². The fourth-order valence-corrected chi connectivity index (χ4v) is 3.22. The normalized spacial score (nSPS) is 11.8. The monoisotopic (exact) mass is 446 g/mol. The Kier molecular flexibility index (Phi) is 6.75. The summed E-state index contributed by atoms with van der Waals surface area (Å²) in [4.78, 5) is 25.4. The van der Waals surface area contributed by atoms with Gasteiger partial charge in [0.2, 0.25) is 11.2 Å². The molecule has 1 atom stereocenters. The van der Waals surface area contributed by atoms with Crippen molar-refractivity contribution in [2.45, 2.75) is 26.9 Å². The van der Waals surface area contributed by atoms with Gasteiger partial charge in [0.05, 0.1) is 26.2 Å². The quantitative estimate of drug-likeness (QED) is 0.483. The first-order chi connectivity index (χ1) is 14.8. The van der Waals surface area contributed by atoms with Crippen molar-refractivity contribution in [2.24, 2.45) is 0 Å². The summed E-state index contributed by atoms with van der Waals surface area (Å²) in [5, 5.41) is 0.661. The van der Waals surface area contributed by atoms with E-state index in [2.05, 4.69) is 0 Å². The molecule has 0 fully saturated rings. The first kappa shape index (κ1) is 22.5. The Labute approximate surface area is 184 Å². The molecule has 3 rings (SSSR count). The van der Waals surface area contributed by atoms with Crippen LogP contribution in [-0.2, 0) is 9.53 Å². The molecule has 0 saturated heterocycles. The summed E-state index contributed by atoms with van der Waals surface area (Å²) >= 11 is 6.21. The molecule has 0 N–H and O–H groups in total. The molecule has 31 heavy (non-hydrogen) atoms. The number of ether oxygens (including phenoxy) is 4. The summed E-state index contributed by atoms with van der Waals surface area (Å²) in [6, 6.07) is 8.26. The standard InChI is InChI=1S/C23H23ClO7/c1-6-29-23(26)13(3)30-22-20(25)15-11-16(24)12(2)9-18(15)31-21(22)14-7-8-17(27-4)19(10-14)28-5/h7-11,13H,6H2,1-5H3. The maximum Gasteiger partial charge on any atom is 0.347 e. The Bertz CT molecular complexity index is 1180. The minimum atomic E-state index is -1.03. The molecule has 0 saturated carbocycles. The summed E-state index contributed by atoms with van der Waals surface area (Å²) in [5.74, 6) is 0.387. The van der Waals surface area contributed by atoms with Crippen LogP contribution in [0.3, 0.4) is 0 Å². The van der Waals surface area contributed by atoms with Crippen molar-refractivity contribution in [1.82, 2.24) is 0 Å². The van der Waals surface area contributed by atoms with Crippen LogP contribution in [0.1, 0.15) is 19.4 Å². The third-order valence-corrected chi connectivity index (χ3v) is 5.10. The van der Waals surface area contributed by atoms with Gasteiger partial charge in [-0.05, 0) is 56.7 Å². The predicted molar refractivity (Wildman–Crippen MR) is 117 cm³/mol. The van der Waals surface area contributed by atoms with Crippen LogP contribution in [0.15, 0.2) is 39.5 Å². The van der Waals surface area contributed by atoms with Gasteiger partial charge in [-0.2, -0.15) is 0 Å². The van der Waals surface area contributed by atoms with Crippen molar-refractivity contribution in [2.75, 3.05) is 20.8 Å². The molecule has 3 aromatic rings. The van der Waals surface area contributed by atoms with E-state index < -0.39 is 17.5 Å². The molecular weight excluding hydrogens is 424 g/mol. The van der Waals surface area contributed by atoms with Crippen molar-refractivity contribution in [1.29, 1.82) is 0 Å². The van der Waals surface area contributed by atoms with E-state index in [1.54, 1.807) is 31.2 Å². The Hall–Kier alpha value is -3.19. The summed E-state index contributed by atoms with van der Waals surface area (Å²) < 4.78 is 27.5. The number of aryl methyl sites for hydroxylation is 1. The minimum absolute atomic E-state index is 0.125. The van der Waals surface area contributed by atoms with E-state index in [0.717, 1.165) is 5.56 Å². The second-order valence-electron chi connectivity index (χ2n) is 6.77. The first-order valence-corrected chi connectivity index (χ1v) is 10.0. The summed E-state index contributed by atoms with van der Waals surface area (Å²) in [7, 11) is 3.03.